The molecule has 2 amide bonds. The first-order chi connectivity index (χ1) is 13.9. The maximum absolute atomic E-state index is 12.4. The lowest BCUT2D eigenvalue weighted by Gasteiger charge is -2.30. The Kier molecular flexibility index (Phi) is 6.32. The summed E-state index contributed by atoms with van der Waals surface area (Å²) in [5.74, 6) is -0.367. The van der Waals surface area contributed by atoms with Gasteiger partial charge in [0.05, 0.1) is 5.92 Å². The Hall–Kier alpha value is -3.15. The van der Waals surface area contributed by atoms with Crippen LogP contribution in [0.1, 0.15) is 36.0 Å². The van der Waals surface area contributed by atoms with Crippen LogP contribution in [-0.4, -0.2) is 47.4 Å². The first-order valence-electron chi connectivity index (χ1n) is 9.80. The van der Waals surface area contributed by atoms with Gasteiger partial charge in [-0.25, -0.2) is 4.79 Å². The van der Waals surface area contributed by atoms with E-state index in [1.807, 2.05) is 31.2 Å². The summed E-state index contributed by atoms with van der Waals surface area (Å²) in [5, 5.41) is 12.1. The minimum Gasteiger partial charge on any atom is -0.465 e. The number of piperidine rings is 1. The van der Waals surface area contributed by atoms with E-state index in [-0.39, 0.29) is 31.2 Å². The number of rotatable bonds is 5. The van der Waals surface area contributed by atoms with Crippen LogP contribution < -0.4 is 5.32 Å². The molecule has 152 valence electrons. The number of hydrogen-bond donors (Lipinski definition) is 2. The van der Waals surface area contributed by atoms with Crippen molar-refractivity contribution in [2.45, 2.75) is 32.6 Å². The summed E-state index contributed by atoms with van der Waals surface area (Å²) in [6.07, 6.45) is -0.0000780. The summed E-state index contributed by atoms with van der Waals surface area (Å²) in [6, 6.07) is 14.1. The normalized spacial score (nSPS) is 16.6. The van der Waals surface area contributed by atoms with Gasteiger partial charge < -0.3 is 15.3 Å². The molecular weight excluding hydrogens is 368 g/mol. The molecule has 0 aromatic heterocycles. The number of hydrogen-bond acceptors (Lipinski definition) is 3. The Balaban J connectivity index is 1.86. The predicted molar refractivity (Wildman–Crippen MR) is 111 cm³/mol. The average molecular weight is 394 g/mol. The summed E-state index contributed by atoms with van der Waals surface area (Å²) in [7, 11) is 0. The molecule has 0 spiro atoms. The van der Waals surface area contributed by atoms with Crippen molar-refractivity contribution in [3.63, 3.8) is 0 Å². The third kappa shape index (κ3) is 4.83. The molecule has 1 aliphatic rings. The van der Waals surface area contributed by atoms with E-state index in [4.69, 9.17) is 0 Å². The molecule has 1 fully saturated rings. The van der Waals surface area contributed by atoms with E-state index in [1.165, 1.54) is 11.8 Å². The third-order valence-electron chi connectivity index (χ3n) is 5.43. The molecule has 0 aliphatic carbocycles. The molecule has 1 aliphatic heterocycles. The van der Waals surface area contributed by atoms with E-state index < -0.39 is 12.0 Å². The second-order valence-corrected chi connectivity index (χ2v) is 7.46. The van der Waals surface area contributed by atoms with Gasteiger partial charge in [-0.15, -0.1) is 0 Å². The fourth-order valence-corrected chi connectivity index (χ4v) is 3.91. The number of carboxylic acid groups (broad SMARTS) is 1. The fourth-order valence-electron chi connectivity index (χ4n) is 3.91. The van der Waals surface area contributed by atoms with Crippen LogP contribution in [0.3, 0.4) is 0 Å². The van der Waals surface area contributed by atoms with Gasteiger partial charge in [-0.2, -0.15) is 0 Å². The second kappa shape index (κ2) is 8.90. The molecule has 0 radical (unpaired) electrons. The van der Waals surface area contributed by atoms with E-state index in [9.17, 15) is 19.5 Å². The molecule has 2 aromatic rings. The van der Waals surface area contributed by atoms with Gasteiger partial charge in [-0.05, 0) is 41.2 Å². The van der Waals surface area contributed by atoms with Crippen molar-refractivity contribution in [3.8, 4) is 11.1 Å². The van der Waals surface area contributed by atoms with Crippen molar-refractivity contribution in [1.29, 1.82) is 0 Å². The SMILES string of the molecule is CC(=O)NCCc1ccccc1-c1ccc(C2CN(C(=O)O)CCC2=O)c(C)c1. The molecule has 6 heteroatoms. The molecule has 6 nitrogen and oxygen atoms in total. The number of amides is 2. The molecule has 1 heterocycles. The first kappa shape index (κ1) is 20.6. The Morgan fingerprint density at radius 2 is 1.97 bits per heavy atom. The van der Waals surface area contributed by atoms with Crippen LogP contribution in [0.4, 0.5) is 4.79 Å². The van der Waals surface area contributed by atoms with Crippen LogP contribution in [-0.2, 0) is 16.0 Å². The fraction of sp³-hybridized carbons (Fsp3) is 0.348. The molecule has 0 bridgehead atoms. The Morgan fingerprint density at radius 3 is 2.66 bits per heavy atom. The zero-order valence-corrected chi connectivity index (χ0v) is 16.8. The van der Waals surface area contributed by atoms with Crippen molar-refractivity contribution in [1.82, 2.24) is 10.2 Å². The van der Waals surface area contributed by atoms with Crippen molar-refractivity contribution in [3.05, 3.63) is 59.2 Å². The topological polar surface area (TPSA) is 86.7 Å². The monoisotopic (exact) mass is 394 g/mol. The summed E-state index contributed by atoms with van der Waals surface area (Å²) in [5.41, 5.74) is 5.14. The standard InChI is InChI=1S/C23H26N2O4/c1-15-13-18(20-6-4-3-5-17(20)9-11-24-16(2)26)7-8-19(15)21-14-25(23(28)29)12-10-22(21)27/h3-8,13,21H,9-12,14H2,1-2H3,(H,24,26)(H,28,29). The molecule has 1 unspecified atom stereocenters. The highest BCUT2D eigenvalue weighted by molar-refractivity contribution is 5.88. The van der Waals surface area contributed by atoms with Gasteiger partial charge in [-0.3, -0.25) is 9.59 Å². The van der Waals surface area contributed by atoms with Crippen LogP contribution in [0.25, 0.3) is 11.1 Å². The first-order valence-corrected chi connectivity index (χ1v) is 9.80. The highest BCUT2D eigenvalue weighted by Gasteiger charge is 2.31. The van der Waals surface area contributed by atoms with Gasteiger partial charge in [-0.1, -0.05) is 42.5 Å². The highest BCUT2D eigenvalue weighted by Crippen LogP contribution is 2.31. The van der Waals surface area contributed by atoms with Gasteiger partial charge in [0, 0.05) is 33.0 Å². The van der Waals surface area contributed by atoms with Gasteiger partial charge in [0.25, 0.3) is 0 Å². The van der Waals surface area contributed by atoms with Crippen molar-refractivity contribution in [2.75, 3.05) is 19.6 Å². The number of carbonyl (C=O) groups is 3. The lowest BCUT2D eigenvalue weighted by Crippen LogP contribution is -2.42. The zero-order chi connectivity index (χ0) is 21.0. The van der Waals surface area contributed by atoms with E-state index in [1.54, 1.807) is 0 Å². The van der Waals surface area contributed by atoms with Crippen LogP contribution in [0.2, 0.25) is 0 Å². The number of nitrogens with one attached hydrogen (secondary N) is 1. The number of ketones is 1. The predicted octanol–water partition coefficient (Wildman–Crippen LogP) is 3.38. The van der Waals surface area contributed by atoms with Gasteiger partial charge in [0.2, 0.25) is 5.91 Å². The molecule has 3 rings (SSSR count). The van der Waals surface area contributed by atoms with Crippen molar-refractivity contribution < 1.29 is 19.5 Å². The summed E-state index contributed by atoms with van der Waals surface area (Å²) in [6.45, 7) is 4.52. The molecule has 0 saturated carbocycles. The Morgan fingerprint density at radius 1 is 1.21 bits per heavy atom. The molecule has 1 saturated heterocycles. The van der Waals surface area contributed by atoms with Crippen molar-refractivity contribution >= 4 is 17.8 Å². The maximum Gasteiger partial charge on any atom is 0.407 e. The molecule has 2 N–H and O–H groups in total. The van der Waals surface area contributed by atoms with E-state index >= 15 is 0 Å². The van der Waals surface area contributed by atoms with Crippen LogP contribution in [0.5, 0.6) is 0 Å². The van der Waals surface area contributed by atoms with E-state index in [0.717, 1.165) is 34.2 Å². The molecule has 29 heavy (non-hydrogen) atoms. The smallest absolute Gasteiger partial charge is 0.407 e. The largest absolute Gasteiger partial charge is 0.465 e. The minimum atomic E-state index is -0.982. The molecule has 2 aromatic carbocycles. The minimum absolute atomic E-state index is 0.0461. The lowest BCUT2D eigenvalue weighted by molar-refractivity contribution is -0.123. The number of benzene rings is 2. The quantitative estimate of drug-likeness (QED) is 0.814. The number of Topliss-reactive ketones (excluding diaryl/α,β-unsaturated/α-hetero) is 1. The van der Waals surface area contributed by atoms with E-state index in [2.05, 4.69) is 23.5 Å². The average Bonchev–Trinajstić information content (AvgIpc) is 2.68. The van der Waals surface area contributed by atoms with E-state index in [0.29, 0.717) is 6.54 Å². The Labute approximate surface area is 170 Å². The third-order valence-corrected chi connectivity index (χ3v) is 5.43. The number of aryl methyl sites for hydroxylation is 1. The molecular formula is C23H26N2O4. The summed E-state index contributed by atoms with van der Waals surface area (Å²) >= 11 is 0. The van der Waals surface area contributed by atoms with Gasteiger partial charge >= 0.3 is 6.09 Å². The van der Waals surface area contributed by atoms with Crippen LogP contribution >= 0.6 is 0 Å². The van der Waals surface area contributed by atoms with Crippen molar-refractivity contribution in [2.24, 2.45) is 0 Å². The highest BCUT2D eigenvalue weighted by atomic mass is 16.4. The van der Waals surface area contributed by atoms with Crippen LogP contribution in [0.15, 0.2) is 42.5 Å². The maximum atomic E-state index is 12.4. The van der Waals surface area contributed by atoms with Gasteiger partial charge in [0.15, 0.2) is 0 Å². The Bertz CT molecular complexity index is 938. The number of likely N-dealkylation sites (tertiary alicyclic amines) is 1. The number of carbonyl (C=O) groups excluding carboxylic acids is 2. The van der Waals surface area contributed by atoms with Crippen LogP contribution in [0, 0.1) is 6.92 Å². The lowest BCUT2D eigenvalue weighted by atomic mass is 9.85. The zero-order valence-electron chi connectivity index (χ0n) is 16.8. The summed E-state index contributed by atoms with van der Waals surface area (Å²) in [4.78, 5) is 36.2. The summed E-state index contributed by atoms with van der Waals surface area (Å²) < 4.78 is 0. The number of nitrogens with zero attached hydrogens (tertiary/aromatic N) is 1. The molecule has 1 atom stereocenters. The van der Waals surface area contributed by atoms with Gasteiger partial charge in [0.1, 0.15) is 5.78 Å². The second-order valence-electron chi connectivity index (χ2n) is 7.46.